The lowest BCUT2D eigenvalue weighted by Crippen LogP contribution is -2.33. The first-order valence-corrected chi connectivity index (χ1v) is 6.44. The van der Waals surface area contributed by atoms with E-state index in [0.29, 0.717) is 0 Å². The predicted molar refractivity (Wildman–Crippen MR) is 56.1 cm³/mol. The lowest BCUT2D eigenvalue weighted by molar-refractivity contribution is -0.138. The van der Waals surface area contributed by atoms with Crippen molar-refractivity contribution in [3.05, 3.63) is 5.51 Å². The van der Waals surface area contributed by atoms with Crippen molar-refractivity contribution in [3.8, 4) is 0 Å². The second-order valence-electron chi connectivity index (χ2n) is 2.84. The van der Waals surface area contributed by atoms with Gasteiger partial charge in [-0.25, -0.2) is 0 Å². The quantitative estimate of drug-likeness (QED) is 0.595. The van der Waals surface area contributed by atoms with Gasteiger partial charge in [-0.15, -0.1) is 10.2 Å². The molecule has 1 amide bonds. The smallest absolute Gasteiger partial charge is 0.324 e. The third-order valence-corrected chi connectivity index (χ3v) is 3.31. The number of carboxylic acid groups (broad SMARTS) is 1. The van der Waals surface area contributed by atoms with Crippen molar-refractivity contribution >= 4 is 38.5 Å². The zero-order valence-electron chi connectivity index (χ0n) is 8.10. The fourth-order valence-corrected chi connectivity index (χ4v) is 1.96. The topological polar surface area (TPSA) is 147 Å². The Morgan fingerprint density at radius 1 is 1.53 bits per heavy atom. The lowest BCUT2D eigenvalue weighted by atomic mass is 10.3. The Balaban J connectivity index is 2.69. The highest BCUT2D eigenvalue weighted by atomic mass is 32.2. The second-order valence-corrected chi connectivity index (χ2v) is 5.27. The summed E-state index contributed by atoms with van der Waals surface area (Å²) in [7, 11) is -4.83. The van der Waals surface area contributed by atoms with E-state index in [1.54, 1.807) is 0 Å². The highest BCUT2D eigenvalue weighted by molar-refractivity contribution is 7.87. The van der Waals surface area contributed by atoms with Crippen molar-refractivity contribution in [3.63, 3.8) is 0 Å². The zero-order chi connectivity index (χ0) is 13.1. The maximum atomic E-state index is 11.3. The Kier molecular flexibility index (Phi) is 4.09. The number of nitrogens with zero attached hydrogens (tertiary/aromatic N) is 2. The Labute approximate surface area is 99.2 Å². The first kappa shape index (κ1) is 13.5. The van der Waals surface area contributed by atoms with Gasteiger partial charge in [-0.3, -0.25) is 14.1 Å². The van der Waals surface area contributed by atoms with E-state index in [2.05, 4.69) is 15.5 Å². The average Bonchev–Trinajstić information content (AvgIpc) is 2.64. The molecule has 0 bridgehead atoms. The van der Waals surface area contributed by atoms with E-state index in [-0.39, 0.29) is 5.13 Å². The number of carbonyl (C=O) groups excluding carboxylic acids is 1. The largest absolute Gasteiger partial charge is 0.480 e. The van der Waals surface area contributed by atoms with E-state index >= 15 is 0 Å². The molecule has 1 rings (SSSR count). The number of nitrogens with one attached hydrogen (secondary N) is 1. The van der Waals surface area contributed by atoms with Gasteiger partial charge < -0.3 is 10.4 Å². The molecule has 1 aromatic heterocycles. The van der Waals surface area contributed by atoms with E-state index in [4.69, 9.17) is 9.66 Å². The number of hydrogen-bond donors (Lipinski definition) is 3. The van der Waals surface area contributed by atoms with Gasteiger partial charge in [0.15, 0.2) is 5.25 Å². The van der Waals surface area contributed by atoms with Gasteiger partial charge in [0.05, 0.1) is 6.42 Å². The van der Waals surface area contributed by atoms with Crippen LogP contribution in [0.5, 0.6) is 0 Å². The van der Waals surface area contributed by atoms with Crippen LogP contribution >= 0.6 is 11.3 Å². The zero-order valence-corrected chi connectivity index (χ0v) is 9.73. The second kappa shape index (κ2) is 5.16. The van der Waals surface area contributed by atoms with Crippen molar-refractivity contribution in [2.75, 3.05) is 5.32 Å². The predicted octanol–water partition coefficient (Wildman–Crippen LogP) is -0.792. The van der Waals surface area contributed by atoms with Crippen LogP contribution in [0.3, 0.4) is 0 Å². The minimum atomic E-state index is -4.83. The Hall–Kier alpha value is -1.59. The molecule has 0 aliphatic rings. The SMILES string of the molecule is O=C(CC(C(=O)O)S(=O)(=O)O)Nc1nncs1. The summed E-state index contributed by atoms with van der Waals surface area (Å²) in [6, 6.07) is 0. The number of amides is 1. The summed E-state index contributed by atoms with van der Waals surface area (Å²) in [5.74, 6) is -2.70. The molecular weight excluding hydrogens is 274 g/mol. The van der Waals surface area contributed by atoms with Crippen molar-refractivity contribution in [1.29, 1.82) is 0 Å². The number of hydrogen-bond acceptors (Lipinski definition) is 7. The van der Waals surface area contributed by atoms with Crippen LogP contribution in [0.15, 0.2) is 5.51 Å². The molecule has 94 valence electrons. The van der Waals surface area contributed by atoms with Crippen LogP contribution in [0, 0.1) is 0 Å². The van der Waals surface area contributed by atoms with E-state index in [1.165, 1.54) is 5.51 Å². The molecule has 0 saturated heterocycles. The van der Waals surface area contributed by atoms with Gasteiger partial charge >= 0.3 is 5.97 Å². The van der Waals surface area contributed by atoms with Gasteiger partial charge in [0.2, 0.25) is 11.0 Å². The maximum absolute atomic E-state index is 11.3. The summed E-state index contributed by atoms with van der Waals surface area (Å²) in [4.78, 5) is 21.8. The monoisotopic (exact) mass is 281 g/mol. The van der Waals surface area contributed by atoms with Crippen LogP contribution in [-0.4, -0.2) is 45.4 Å². The number of carbonyl (C=O) groups is 2. The normalized spacial score (nSPS) is 13.0. The van der Waals surface area contributed by atoms with Crippen molar-refractivity contribution < 1.29 is 27.7 Å². The summed E-state index contributed by atoms with van der Waals surface area (Å²) in [5.41, 5.74) is 1.33. The minimum absolute atomic E-state index is 0.106. The standard InChI is InChI=1S/C6H7N3O6S2/c10-4(8-6-9-7-2-16-6)1-3(5(11)12)17(13,14)15/h2-3H,1H2,(H,11,12)(H,8,9,10)(H,13,14,15). The van der Waals surface area contributed by atoms with E-state index in [9.17, 15) is 18.0 Å². The fourth-order valence-electron chi connectivity index (χ4n) is 0.886. The first-order valence-electron chi connectivity index (χ1n) is 4.06. The third-order valence-electron chi connectivity index (χ3n) is 1.61. The summed E-state index contributed by atoms with van der Waals surface area (Å²) in [6.45, 7) is 0. The van der Waals surface area contributed by atoms with Crippen molar-refractivity contribution in [2.45, 2.75) is 11.7 Å². The third kappa shape index (κ3) is 4.05. The number of aromatic nitrogens is 2. The molecule has 11 heteroatoms. The van der Waals surface area contributed by atoms with Gasteiger partial charge in [-0.05, 0) is 0 Å². The van der Waals surface area contributed by atoms with Crippen LogP contribution in [0.2, 0.25) is 0 Å². The highest BCUT2D eigenvalue weighted by Gasteiger charge is 2.33. The van der Waals surface area contributed by atoms with E-state index in [1.807, 2.05) is 0 Å². The lowest BCUT2D eigenvalue weighted by Gasteiger charge is -2.07. The molecule has 1 atom stereocenters. The molecule has 3 N–H and O–H groups in total. The summed E-state index contributed by atoms with van der Waals surface area (Å²) < 4.78 is 30.0. The van der Waals surface area contributed by atoms with Gasteiger partial charge in [0.1, 0.15) is 5.51 Å². The summed E-state index contributed by atoms with van der Waals surface area (Å²) >= 11 is 0.981. The van der Waals surface area contributed by atoms with Gasteiger partial charge in [-0.2, -0.15) is 8.42 Å². The molecule has 0 aliphatic heterocycles. The highest BCUT2D eigenvalue weighted by Crippen LogP contribution is 2.11. The first-order chi connectivity index (χ1) is 7.80. The van der Waals surface area contributed by atoms with E-state index in [0.717, 1.165) is 11.3 Å². The molecule has 0 radical (unpaired) electrons. The molecule has 1 unspecified atom stereocenters. The van der Waals surface area contributed by atoms with Crippen LogP contribution in [0.1, 0.15) is 6.42 Å². The van der Waals surface area contributed by atoms with E-state index < -0.39 is 33.7 Å². The van der Waals surface area contributed by atoms with Gasteiger partial charge in [0.25, 0.3) is 10.1 Å². The number of aliphatic carboxylic acids is 1. The molecule has 0 saturated carbocycles. The van der Waals surface area contributed by atoms with Crippen LogP contribution in [0.25, 0.3) is 0 Å². The Morgan fingerprint density at radius 2 is 2.18 bits per heavy atom. The molecule has 17 heavy (non-hydrogen) atoms. The molecule has 1 aromatic rings. The number of rotatable bonds is 5. The molecule has 1 heterocycles. The van der Waals surface area contributed by atoms with Crippen LogP contribution in [0.4, 0.5) is 5.13 Å². The fraction of sp³-hybridized carbons (Fsp3) is 0.333. The number of anilines is 1. The molecule has 0 spiro atoms. The summed E-state index contributed by atoms with van der Waals surface area (Å²) in [6.07, 6.45) is -0.909. The maximum Gasteiger partial charge on any atom is 0.324 e. The minimum Gasteiger partial charge on any atom is -0.480 e. The van der Waals surface area contributed by atoms with Crippen LogP contribution in [-0.2, 0) is 19.7 Å². The Bertz CT molecular complexity index is 510. The molecule has 0 aliphatic carbocycles. The Morgan fingerprint density at radius 3 is 2.59 bits per heavy atom. The van der Waals surface area contributed by atoms with Crippen molar-refractivity contribution in [2.24, 2.45) is 0 Å². The van der Waals surface area contributed by atoms with Crippen LogP contribution < -0.4 is 5.32 Å². The van der Waals surface area contributed by atoms with Gasteiger partial charge in [-0.1, -0.05) is 11.3 Å². The average molecular weight is 281 g/mol. The molecule has 0 fully saturated rings. The van der Waals surface area contributed by atoms with Crippen molar-refractivity contribution in [1.82, 2.24) is 10.2 Å². The molecule has 9 nitrogen and oxygen atoms in total. The summed E-state index contributed by atoms with van der Waals surface area (Å²) in [5, 5.41) is 15.4. The number of carboxylic acids is 1. The molecular formula is C6H7N3O6S2. The van der Waals surface area contributed by atoms with Gasteiger partial charge in [0, 0.05) is 0 Å². The molecule has 0 aromatic carbocycles.